The van der Waals surface area contributed by atoms with Gasteiger partial charge in [0, 0.05) is 6.42 Å². The average Bonchev–Trinajstić information content (AvgIpc) is 3.14. The summed E-state index contributed by atoms with van der Waals surface area (Å²) in [5, 5.41) is 32.7. The van der Waals surface area contributed by atoms with Gasteiger partial charge in [-0.1, -0.05) is 0 Å². The van der Waals surface area contributed by atoms with Crippen LogP contribution in [0.2, 0.25) is 51.9 Å². The van der Waals surface area contributed by atoms with Crippen LogP contribution in [-0.2, 0) is 32.0 Å². The van der Waals surface area contributed by atoms with Crippen LogP contribution in [0.1, 0.15) is 6.42 Å². The number of hydrogen-bond acceptors (Lipinski definition) is 10. The van der Waals surface area contributed by atoms with Gasteiger partial charge >= 0.3 is 14.5 Å². The fraction of sp³-hybridized carbons (Fsp3) is 0.895. The lowest BCUT2D eigenvalue weighted by molar-refractivity contribution is -0.153. The largest absolute Gasteiger partial charge is 0.468 e. The van der Waals surface area contributed by atoms with Gasteiger partial charge in [0.25, 0.3) is 5.91 Å². The summed E-state index contributed by atoms with van der Waals surface area (Å²) in [6, 6.07) is 0.635. The molecular weight excluding hydrogens is 486 g/mol. The van der Waals surface area contributed by atoms with E-state index in [2.05, 4.69) is 55.9 Å². The highest BCUT2D eigenvalue weighted by atomic mass is 28.5. The summed E-state index contributed by atoms with van der Waals surface area (Å²) in [4.78, 5) is 23.0. The maximum absolute atomic E-state index is 11.9. The van der Waals surface area contributed by atoms with E-state index in [1.54, 1.807) is 0 Å². The minimum Gasteiger partial charge on any atom is -0.468 e. The topological polar surface area (TPSA) is 153 Å². The van der Waals surface area contributed by atoms with Crippen LogP contribution in [0.3, 0.4) is 0 Å². The molecule has 0 bridgehead atoms. The Morgan fingerprint density at radius 2 is 1.58 bits per heavy atom. The van der Waals surface area contributed by atoms with Gasteiger partial charge in [-0.05, 0) is 51.9 Å². The molecule has 1 aliphatic heterocycles. The number of ether oxygens (including phenoxy) is 3. The van der Waals surface area contributed by atoms with E-state index in [1.165, 1.54) is 0 Å². The molecule has 0 aromatic carbocycles. The highest BCUT2D eigenvalue weighted by molar-refractivity contribution is 6.87. The molecule has 1 rings (SSSR count). The summed E-state index contributed by atoms with van der Waals surface area (Å²) in [6.07, 6.45) is -6.45. The van der Waals surface area contributed by atoms with E-state index >= 15 is 0 Å². The van der Waals surface area contributed by atoms with Gasteiger partial charge in [0.2, 0.25) is 0 Å². The molecule has 1 fully saturated rings. The number of nitrogens with one attached hydrogen (secondary N) is 1. The number of aliphatic hydroxyl groups excluding tert-OH is 3. The second-order valence-corrected chi connectivity index (χ2v) is 23.1. The predicted octanol–water partition coefficient (Wildman–Crippen LogP) is 0.265. The quantitative estimate of drug-likeness (QED) is 0.194. The fourth-order valence-electron chi connectivity index (χ4n) is 3.50. The standard InChI is InChI=1S/C19H41NO10Si3/c1-26-14(21)11-20-19(25)18(24)17(23)16(22)13-12-27-15(28-13)9-10-33(8,29-31(2,3)4)30-32(5,6)7/h13,15-18,22-24H,9-12H2,1-8H3,(H,20,25)/t13-,15?,16-,17+,18-/m1/s1. The minimum absolute atomic E-state index is 0.0125. The fourth-order valence-corrected chi connectivity index (χ4v) is 16.0. The molecule has 1 amide bonds. The summed E-state index contributed by atoms with van der Waals surface area (Å²) in [5.41, 5.74) is 0. The van der Waals surface area contributed by atoms with Crippen LogP contribution >= 0.6 is 0 Å². The SMILES string of the molecule is COC(=O)CNC(=O)[C@H](O)[C@@H](O)[C@H](O)[C@H]1COC(CC[Si](C)(O[Si](C)(C)C)O[Si](C)(C)C)O1. The van der Waals surface area contributed by atoms with E-state index in [9.17, 15) is 24.9 Å². The van der Waals surface area contributed by atoms with Gasteiger partial charge in [-0.15, -0.1) is 0 Å². The van der Waals surface area contributed by atoms with Crippen molar-refractivity contribution in [1.82, 2.24) is 5.32 Å². The maximum Gasteiger partial charge on any atom is 0.325 e. The van der Waals surface area contributed by atoms with Gasteiger partial charge in [0.15, 0.2) is 29.0 Å². The second kappa shape index (κ2) is 12.3. The molecule has 194 valence electrons. The third-order valence-electron chi connectivity index (χ3n) is 4.61. The van der Waals surface area contributed by atoms with E-state index in [0.717, 1.165) is 7.11 Å². The van der Waals surface area contributed by atoms with Gasteiger partial charge in [0.05, 0.1) is 13.7 Å². The van der Waals surface area contributed by atoms with E-state index in [-0.39, 0.29) is 6.61 Å². The highest BCUT2D eigenvalue weighted by Crippen LogP contribution is 2.29. The van der Waals surface area contributed by atoms with Crippen LogP contribution in [-0.4, -0.2) is 103 Å². The van der Waals surface area contributed by atoms with Crippen LogP contribution in [0.5, 0.6) is 0 Å². The highest BCUT2D eigenvalue weighted by Gasteiger charge is 2.43. The van der Waals surface area contributed by atoms with Crippen molar-refractivity contribution in [2.24, 2.45) is 0 Å². The van der Waals surface area contributed by atoms with Crippen LogP contribution in [0.4, 0.5) is 0 Å². The first kappa shape index (κ1) is 30.3. The summed E-state index contributed by atoms with van der Waals surface area (Å²) < 4.78 is 28.7. The molecule has 0 aromatic rings. The average molecular weight is 528 g/mol. The van der Waals surface area contributed by atoms with Gasteiger partial charge in [0.1, 0.15) is 24.9 Å². The number of hydrogen-bond donors (Lipinski definition) is 4. The Kier molecular flexibility index (Phi) is 11.3. The van der Waals surface area contributed by atoms with Crippen LogP contribution in [0.15, 0.2) is 0 Å². The van der Waals surface area contributed by atoms with Gasteiger partial charge < -0.3 is 43.1 Å². The van der Waals surface area contributed by atoms with Crippen molar-refractivity contribution in [3.63, 3.8) is 0 Å². The Hall–Kier alpha value is -0.689. The molecule has 1 unspecified atom stereocenters. The zero-order valence-electron chi connectivity index (χ0n) is 20.9. The molecule has 0 aliphatic carbocycles. The summed E-state index contributed by atoms with van der Waals surface area (Å²) in [5.74, 6) is -1.73. The molecule has 33 heavy (non-hydrogen) atoms. The Morgan fingerprint density at radius 3 is 2.06 bits per heavy atom. The molecule has 0 radical (unpaired) electrons. The number of amides is 1. The summed E-state index contributed by atoms with van der Waals surface area (Å²) in [6.45, 7) is 14.3. The Balaban J connectivity index is 2.64. The predicted molar refractivity (Wildman–Crippen MR) is 128 cm³/mol. The number of esters is 1. The Labute approximate surface area is 199 Å². The second-order valence-electron chi connectivity index (χ2n) is 10.3. The number of methoxy groups -OCH3 is 1. The molecule has 1 aliphatic rings. The van der Waals surface area contributed by atoms with Crippen molar-refractivity contribution in [2.75, 3.05) is 20.3 Å². The number of carbonyl (C=O) groups excluding carboxylic acids is 2. The Morgan fingerprint density at radius 1 is 1.03 bits per heavy atom. The molecule has 1 heterocycles. The molecule has 4 N–H and O–H groups in total. The zero-order valence-corrected chi connectivity index (χ0v) is 23.9. The van der Waals surface area contributed by atoms with Crippen molar-refractivity contribution in [3.05, 3.63) is 0 Å². The molecular formula is C19H41NO10Si3. The molecule has 5 atom stereocenters. The van der Waals surface area contributed by atoms with Crippen molar-refractivity contribution in [3.8, 4) is 0 Å². The lowest BCUT2D eigenvalue weighted by atomic mass is 10.0. The van der Waals surface area contributed by atoms with Crippen molar-refractivity contribution in [2.45, 2.75) is 89.0 Å². The first-order valence-electron chi connectivity index (χ1n) is 11.0. The third kappa shape index (κ3) is 11.1. The smallest absolute Gasteiger partial charge is 0.325 e. The number of rotatable bonds is 13. The van der Waals surface area contributed by atoms with Crippen molar-refractivity contribution in [1.29, 1.82) is 0 Å². The Bertz CT molecular complexity index is 639. The first-order valence-corrected chi connectivity index (χ1v) is 20.4. The van der Waals surface area contributed by atoms with E-state index in [1.807, 2.05) is 0 Å². The van der Waals surface area contributed by atoms with E-state index in [0.29, 0.717) is 12.5 Å². The van der Waals surface area contributed by atoms with E-state index < -0.39 is 74.3 Å². The van der Waals surface area contributed by atoms with Gasteiger partial charge in [-0.3, -0.25) is 9.59 Å². The van der Waals surface area contributed by atoms with Crippen LogP contribution in [0.25, 0.3) is 0 Å². The molecule has 0 aromatic heterocycles. The van der Waals surface area contributed by atoms with Gasteiger partial charge in [-0.25, -0.2) is 0 Å². The molecule has 1 saturated heterocycles. The van der Waals surface area contributed by atoms with Crippen molar-refractivity contribution < 1.29 is 47.3 Å². The number of carbonyl (C=O) groups is 2. The normalized spacial score (nSPS) is 22.5. The van der Waals surface area contributed by atoms with E-state index in [4.69, 9.17) is 17.7 Å². The maximum atomic E-state index is 11.9. The zero-order chi connectivity index (χ0) is 25.6. The molecule has 14 heteroatoms. The molecule has 11 nitrogen and oxygen atoms in total. The minimum atomic E-state index is -2.49. The van der Waals surface area contributed by atoms with Gasteiger partial charge in [-0.2, -0.15) is 0 Å². The third-order valence-corrected chi connectivity index (χ3v) is 14.2. The van der Waals surface area contributed by atoms with Crippen LogP contribution in [0, 0.1) is 0 Å². The number of aliphatic hydroxyl groups is 3. The van der Waals surface area contributed by atoms with Crippen molar-refractivity contribution >= 4 is 37.1 Å². The summed E-state index contributed by atoms with van der Waals surface area (Å²) >= 11 is 0. The lowest BCUT2D eigenvalue weighted by Crippen LogP contribution is -2.53. The molecule has 0 spiro atoms. The monoisotopic (exact) mass is 527 g/mol. The summed E-state index contributed by atoms with van der Waals surface area (Å²) in [7, 11) is -5.03. The first-order chi connectivity index (χ1) is 15.0. The molecule has 0 saturated carbocycles. The van der Waals surface area contributed by atoms with Crippen LogP contribution < -0.4 is 5.32 Å². The lowest BCUT2D eigenvalue weighted by Gasteiger charge is -2.38.